The number of fused-ring (bicyclic) bond motifs is 1. The summed E-state index contributed by atoms with van der Waals surface area (Å²) in [5.41, 5.74) is 0. The number of rotatable bonds is 2. The van der Waals surface area contributed by atoms with Crippen LogP contribution in [0.1, 0.15) is 19.3 Å². The van der Waals surface area contributed by atoms with Gasteiger partial charge in [0.25, 0.3) is 0 Å². The quantitative estimate of drug-likeness (QED) is 0.688. The molecule has 0 unspecified atom stereocenters. The average Bonchev–Trinajstić information content (AvgIpc) is 3.01. The summed E-state index contributed by atoms with van der Waals surface area (Å²) in [5.74, 6) is -0.990. The van der Waals surface area contributed by atoms with Crippen molar-refractivity contribution < 1.29 is 42.7 Å². The van der Waals surface area contributed by atoms with E-state index in [2.05, 4.69) is 0 Å². The van der Waals surface area contributed by atoms with Gasteiger partial charge < -0.3 is 33.2 Å². The molecule has 0 atom stereocenters. The fraction of sp³-hybridized carbons (Fsp3) is 0.625. The lowest BCUT2D eigenvalue weighted by Gasteiger charge is -2.11. The second-order valence-electron chi connectivity index (χ2n) is 4.94. The van der Waals surface area contributed by atoms with Crippen molar-refractivity contribution >= 4 is 23.3 Å². The first-order valence-electron chi connectivity index (χ1n) is 8.01. The Morgan fingerprint density at radius 2 is 1.04 bits per heavy atom. The molecule has 0 fully saturated rings. The summed E-state index contributed by atoms with van der Waals surface area (Å²) < 4.78 is 37.0. The van der Waals surface area contributed by atoms with E-state index in [9.17, 15) is 9.59 Å². The molecule has 0 amide bonds. The molecule has 0 N–H and O–H groups in total. The van der Waals surface area contributed by atoms with Crippen LogP contribution in [0, 0.1) is 0 Å². The molecule has 1 aromatic heterocycles. The summed E-state index contributed by atoms with van der Waals surface area (Å²) in [6.45, 7) is 2.60. The van der Waals surface area contributed by atoms with Crippen LogP contribution < -0.4 is 9.47 Å². The molecule has 9 nitrogen and oxygen atoms in total. The lowest BCUT2D eigenvalue weighted by Crippen LogP contribution is -2.13. The van der Waals surface area contributed by atoms with E-state index in [1.807, 2.05) is 0 Å². The number of esters is 2. The van der Waals surface area contributed by atoms with Crippen molar-refractivity contribution in [3.63, 3.8) is 0 Å². The molecule has 2 heterocycles. The number of methoxy groups -OCH3 is 2. The SMILES string of the molecule is COC(=O)c1sc(C(=O)OC)c2c1OCCOCCOCCOCCO2. The van der Waals surface area contributed by atoms with E-state index in [0.29, 0.717) is 26.4 Å². The first-order valence-corrected chi connectivity index (χ1v) is 8.83. The largest absolute Gasteiger partial charge is 0.486 e. The van der Waals surface area contributed by atoms with Crippen LogP contribution in [-0.4, -0.2) is 79.0 Å². The van der Waals surface area contributed by atoms with E-state index >= 15 is 0 Å². The van der Waals surface area contributed by atoms with E-state index < -0.39 is 11.9 Å². The van der Waals surface area contributed by atoms with Crippen molar-refractivity contribution in [1.82, 2.24) is 0 Å². The van der Waals surface area contributed by atoms with Gasteiger partial charge in [-0.1, -0.05) is 0 Å². The first kappa shape index (κ1) is 20.4. The molecular weight excluding hydrogens is 368 g/mol. The number of ether oxygens (including phenoxy) is 7. The van der Waals surface area contributed by atoms with Crippen LogP contribution in [0.4, 0.5) is 0 Å². The van der Waals surface area contributed by atoms with Gasteiger partial charge in [-0.3, -0.25) is 0 Å². The van der Waals surface area contributed by atoms with Gasteiger partial charge in [-0.05, 0) is 0 Å². The molecule has 0 spiro atoms. The Morgan fingerprint density at radius 3 is 1.38 bits per heavy atom. The van der Waals surface area contributed by atoms with Crippen LogP contribution in [-0.2, 0) is 23.7 Å². The average molecular weight is 390 g/mol. The van der Waals surface area contributed by atoms with Gasteiger partial charge in [-0.2, -0.15) is 0 Å². The third-order valence-electron chi connectivity index (χ3n) is 3.26. The number of hydrogen-bond acceptors (Lipinski definition) is 10. The second kappa shape index (κ2) is 11.0. The molecule has 146 valence electrons. The zero-order valence-electron chi connectivity index (χ0n) is 14.7. The van der Waals surface area contributed by atoms with Gasteiger partial charge in [0, 0.05) is 0 Å². The molecule has 0 bridgehead atoms. The van der Waals surface area contributed by atoms with E-state index in [1.54, 1.807) is 0 Å². The third-order valence-corrected chi connectivity index (χ3v) is 4.37. The van der Waals surface area contributed by atoms with E-state index in [4.69, 9.17) is 33.2 Å². The van der Waals surface area contributed by atoms with E-state index in [1.165, 1.54) is 14.2 Å². The Bertz CT molecular complexity index is 550. The maximum atomic E-state index is 12.1. The molecule has 0 aliphatic carbocycles. The maximum Gasteiger partial charge on any atom is 0.352 e. The Balaban J connectivity index is 2.27. The van der Waals surface area contributed by atoms with Gasteiger partial charge >= 0.3 is 11.9 Å². The minimum Gasteiger partial charge on any atom is -0.486 e. The molecule has 0 saturated heterocycles. The molecule has 0 radical (unpaired) electrons. The van der Waals surface area contributed by atoms with E-state index in [0.717, 1.165) is 11.3 Å². The molecule has 1 aliphatic heterocycles. The summed E-state index contributed by atoms with van der Waals surface area (Å²) >= 11 is 0.894. The van der Waals surface area contributed by atoms with Crippen molar-refractivity contribution in [1.29, 1.82) is 0 Å². The second-order valence-corrected chi connectivity index (χ2v) is 5.96. The molecule has 0 aromatic carbocycles. The molecular formula is C16H22O9S. The highest BCUT2D eigenvalue weighted by molar-refractivity contribution is 7.16. The van der Waals surface area contributed by atoms with Crippen LogP contribution in [0.25, 0.3) is 0 Å². The molecule has 10 heteroatoms. The minimum absolute atomic E-state index is 0.122. The van der Waals surface area contributed by atoms with Gasteiger partial charge in [-0.15, -0.1) is 11.3 Å². The highest BCUT2D eigenvalue weighted by Crippen LogP contribution is 2.43. The van der Waals surface area contributed by atoms with Crippen molar-refractivity contribution in [2.75, 3.05) is 67.1 Å². The summed E-state index contributed by atoms with van der Waals surface area (Å²) in [5, 5.41) is 0. The predicted octanol–water partition coefficient (Wildman–Crippen LogP) is 1.14. The lowest BCUT2D eigenvalue weighted by molar-refractivity contribution is 0.00700. The topological polar surface area (TPSA) is 98.8 Å². The van der Waals surface area contributed by atoms with Crippen LogP contribution in [0.5, 0.6) is 11.5 Å². The Kier molecular flexibility index (Phi) is 8.62. The van der Waals surface area contributed by atoms with Gasteiger partial charge in [0.15, 0.2) is 21.3 Å². The smallest absolute Gasteiger partial charge is 0.352 e. The van der Waals surface area contributed by atoms with Gasteiger partial charge in [0.1, 0.15) is 13.2 Å². The molecule has 1 aliphatic rings. The minimum atomic E-state index is -0.631. The summed E-state index contributed by atoms with van der Waals surface area (Å²) in [6.07, 6.45) is 0. The zero-order valence-corrected chi connectivity index (χ0v) is 15.6. The van der Waals surface area contributed by atoms with Crippen molar-refractivity contribution in [2.24, 2.45) is 0 Å². The zero-order chi connectivity index (χ0) is 18.8. The van der Waals surface area contributed by atoms with Crippen molar-refractivity contribution in [3.05, 3.63) is 9.75 Å². The molecule has 2 rings (SSSR count). The molecule has 26 heavy (non-hydrogen) atoms. The summed E-state index contributed by atoms with van der Waals surface area (Å²) in [7, 11) is 2.49. The molecule has 1 aromatic rings. The number of carbonyl (C=O) groups excluding carboxylic acids is 2. The monoisotopic (exact) mass is 390 g/mol. The summed E-state index contributed by atoms with van der Waals surface area (Å²) in [6, 6.07) is 0. The van der Waals surface area contributed by atoms with Gasteiger partial charge in [-0.25, -0.2) is 9.59 Å². The number of carbonyl (C=O) groups is 2. The van der Waals surface area contributed by atoms with Crippen LogP contribution in [0.3, 0.4) is 0 Å². The number of thiophene rings is 1. The van der Waals surface area contributed by atoms with Gasteiger partial charge in [0.2, 0.25) is 0 Å². The predicted molar refractivity (Wildman–Crippen MR) is 90.4 cm³/mol. The highest BCUT2D eigenvalue weighted by Gasteiger charge is 2.30. The molecule has 0 saturated carbocycles. The number of hydrogen-bond donors (Lipinski definition) is 0. The first-order chi connectivity index (χ1) is 12.7. The highest BCUT2D eigenvalue weighted by atomic mass is 32.1. The van der Waals surface area contributed by atoms with Crippen molar-refractivity contribution in [3.8, 4) is 11.5 Å². The summed E-state index contributed by atoms with van der Waals surface area (Å²) in [4.78, 5) is 24.4. The van der Waals surface area contributed by atoms with Crippen LogP contribution in [0.2, 0.25) is 0 Å². The van der Waals surface area contributed by atoms with Crippen LogP contribution >= 0.6 is 11.3 Å². The van der Waals surface area contributed by atoms with Gasteiger partial charge in [0.05, 0.1) is 53.9 Å². The Hall–Kier alpha value is -1.88. The Labute approximate surface area is 155 Å². The Morgan fingerprint density at radius 1 is 0.692 bits per heavy atom. The standard InChI is InChI=1S/C16H22O9S/c1-19-15(17)13-11-12(14(26-13)16(18)20-2)25-10-8-23-6-4-21-3-5-22-7-9-24-11/h3-10H2,1-2H3. The lowest BCUT2D eigenvalue weighted by atomic mass is 10.3. The fourth-order valence-electron chi connectivity index (χ4n) is 2.06. The van der Waals surface area contributed by atoms with E-state index in [-0.39, 0.29) is 47.7 Å². The third kappa shape index (κ3) is 5.56. The fourth-order valence-corrected chi connectivity index (χ4v) is 3.09. The maximum absolute atomic E-state index is 12.1. The van der Waals surface area contributed by atoms with Crippen molar-refractivity contribution in [2.45, 2.75) is 0 Å². The normalized spacial score (nSPS) is 16.8. The van der Waals surface area contributed by atoms with Crippen LogP contribution in [0.15, 0.2) is 0 Å².